The third kappa shape index (κ3) is 4.54. The molecule has 0 spiro atoms. The van der Waals surface area contributed by atoms with Gasteiger partial charge in [0.2, 0.25) is 0 Å². The Labute approximate surface area is 186 Å². The number of carbonyl (C=O) groups excluding carboxylic acids is 3. The molecule has 3 aromatic carbocycles. The standard InChI is InChI=1S/C26H23NO5/c1-3-31-25(29)18-8-11-21(12-9-18)27-24(28)19-10-13-22-20(14-19)15-23(32-26(22)30)17-6-4-16(2)5-7-17/h4-14,23H,3,15H2,1-2H3,(H,27,28)/t23-/m0/s1. The highest BCUT2D eigenvalue weighted by molar-refractivity contribution is 6.05. The first kappa shape index (κ1) is 21.3. The van der Waals surface area contributed by atoms with Gasteiger partial charge in [-0.3, -0.25) is 4.79 Å². The van der Waals surface area contributed by atoms with E-state index < -0.39 is 11.9 Å². The number of cyclic esters (lactones) is 1. The van der Waals surface area contributed by atoms with Crippen molar-refractivity contribution in [2.75, 3.05) is 11.9 Å². The van der Waals surface area contributed by atoms with E-state index in [1.54, 1.807) is 49.4 Å². The van der Waals surface area contributed by atoms with Crippen molar-refractivity contribution in [3.63, 3.8) is 0 Å². The van der Waals surface area contributed by atoms with Crippen LogP contribution in [0.2, 0.25) is 0 Å². The summed E-state index contributed by atoms with van der Waals surface area (Å²) in [6.45, 7) is 4.04. The minimum atomic E-state index is -0.407. The van der Waals surface area contributed by atoms with Gasteiger partial charge in [-0.1, -0.05) is 29.8 Å². The number of nitrogens with one attached hydrogen (secondary N) is 1. The van der Waals surface area contributed by atoms with Gasteiger partial charge in [0.1, 0.15) is 6.10 Å². The van der Waals surface area contributed by atoms with E-state index in [0.29, 0.717) is 35.4 Å². The van der Waals surface area contributed by atoms with E-state index in [4.69, 9.17) is 9.47 Å². The molecule has 4 rings (SSSR count). The van der Waals surface area contributed by atoms with Crippen molar-refractivity contribution in [3.8, 4) is 0 Å². The van der Waals surface area contributed by atoms with Crippen molar-refractivity contribution in [1.29, 1.82) is 0 Å². The van der Waals surface area contributed by atoms with Crippen LogP contribution in [0.1, 0.15) is 60.8 Å². The quantitative estimate of drug-likeness (QED) is 0.585. The van der Waals surface area contributed by atoms with Crippen LogP contribution in [0.3, 0.4) is 0 Å². The second-order valence-electron chi connectivity index (χ2n) is 7.63. The van der Waals surface area contributed by atoms with Crippen molar-refractivity contribution >= 4 is 23.5 Å². The fourth-order valence-electron chi connectivity index (χ4n) is 3.61. The third-order valence-electron chi connectivity index (χ3n) is 5.34. The number of hydrogen-bond donors (Lipinski definition) is 1. The number of hydrogen-bond acceptors (Lipinski definition) is 5. The van der Waals surface area contributed by atoms with Gasteiger partial charge < -0.3 is 14.8 Å². The number of esters is 2. The maximum absolute atomic E-state index is 12.8. The molecule has 32 heavy (non-hydrogen) atoms. The lowest BCUT2D eigenvalue weighted by molar-refractivity contribution is 0.0252. The molecule has 0 radical (unpaired) electrons. The molecular formula is C26H23NO5. The van der Waals surface area contributed by atoms with Gasteiger partial charge in [0.15, 0.2) is 0 Å². The topological polar surface area (TPSA) is 81.7 Å². The molecule has 0 bridgehead atoms. The Morgan fingerprint density at radius 1 is 1.00 bits per heavy atom. The summed E-state index contributed by atoms with van der Waals surface area (Å²) in [4.78, 5) is 37.0. The minimum absolute atomic E-state index is 0.300. The SMILES string of the molecule is CCOC(=O)c1ccc(NC(=O)c2ccc3c(c2)C[C@@H](c2ccc(C)cc2)OC3=O)cc1. The summed E-state index contributed by atoms with van der Waals surface area (Å²) in [5.41, 5.74) is 4.71. The van der Waals surface area contributed by atoms with Crippen molar-refractivity contribution in [2.45, 2.75) is 26.4 Å². The molecule has 1 atom stereocenters. The fraction of sp³-hybridized carbons (Fsp3) is 0.192. The first-order chi connectivity index (χ1) is 15.4. The zero-order chi connectivity index (χ0) is 22.7. The number of amides is 1. The summed E-state index contributed by atoms with van der Waals surface area (Å²) >= 11 is 0. The highest BCUT2D eigenvalue weighted by Crippen LogP contribution is 2.31. The van der Waals surface area contributed by atoms with E-state index >= 15 is 0 Å². The average Bonchev–Trinajstić information content (AvgIpc) is 2.79. The Morgan fingerprint density at radius 2 is 1.69 bits per heavy atom. The summed E-state index contributed by atoms with van der Waals surface area (Å²) in [7, 11) is 0. The van der Waals surface area contributed by atoms with Gasteiger partial charge in [0.05, 0.1) is 17.7 Å². The van der Waals surface area contributed by atoms with Crippen molar-refractivity contribution < 1.29 is 23.9 Å². The van der Waals surface area contributed by atoms with Gasteiger partial charge in [0, 0.05) is 17.7 Å². The average molecular weight is 429 g/mol. The van der Waals surface area contributed by atoms with Crippen molar-refractivity contribution in [3.05, 3.63) is 100 Å². The van der Waals surface area contributed by atoms with Crippen LogP contribution in [0.5, 0.6) is 0 Å². The number of aryl methyl sites for hydroxylation is 1. The van der Waals surface area contributed by atoms with E-state index in [-0.39, 0.29) is 12.0 Å². The Hall–Kier alpha value is -3.93. The lowest BCUT2D eigenvalue weighted by Crippen LogP contribution is -2.23. The van der Waals surface area contributed by atoms with Crippen LogP contribution in [-0.4, -0.2) is 24.5 Å². The third-order valence-corrected chi connectivity index (χ3v) is 5.34. The number of ether oxygens (including phenoxy) is 2. The maximum Gasteiger partial charge on any atom is 0.339 e. The largest absolute Gasteiger partial charge is 0.462 e. The van der Waals surface area contributed by atoms with Gasteiger partial charge >= 0.3 is 11.9 Å². The molecule has 6 heteroatoms. The number of benzene rings is 3. The zero-order valence-electron chi connectivity index (χ0n) is 17.9. The number of fused-ring (bicyclic) bond motifs is 1. The molecule has 0 saturated heterocycles. The van der Waals surface area contributed by atoms with Crippen LogP contribution in [0, 0.1) is 6.92 Å². The smallest absolute Gasteiger partial charge is 0.339 e. The number of anilines is 1. The molecule has 0 aliphatic carbocycles. The van der Waals surface area contributed by atoms with Crippen molar-refractivity contribution in [2.24, 2.45) is 0 Å². The summed E-state index contributed by atoms with van der Waals surface area (Å²) in [6, 6.07) is 19.3. The molecule has 162 valence electrons. The predicted octanol–water partition coefficient (Wildman–Crippen LogP) is 4.88. The Kier molecular flexibility index (Phi) is 6.03. The van der Waals surface area contributed by atoms with E-state index in [9.17, 15) is 14.4 Å². The molecule has 0 unspecified atom stereocenters. The van der Waals surface area contributed by atoms with Crippen LogP contribution in [0.25, 0.3) is 0 Å². The Bertz CT molecular complexity index is 1170. The van der Waals surface area contributed by atoms with Crippen LogP contribution in [0.4, 0.5) is 5.69 Å². The van der Waals surface area contributed by atoms with Gasteiger partial charge in [-0.05, 0) is 67.4 Å². The zero-order valence-corrected chi connectivity index (χ0v) is 17.9. The summed E-state index contributed by atoms with van der Waals surface area (Å²) in [5, 5.41) is 2.82. The molecule has 1 N–H and O–H groups in total. The second kappa shape index (κ2) is 9.06. The molecule has 1 amide bonds. The normalized spacial score (nSPS) is 14.8. The highest BCUT2D eigenvalue weighted by Gasteiger charge is 2.28. The van der Waals surface area contributed by atoms with E-state index in [1.807, 2.05) is 31.2 Å². The predicted molar refractivity (Wildman–Crippen MR) is 120 cm³/mol. The van der Waals surface area contributed by atoms with Crippen LogP contribution in [-0.2, 0) is 15.9 Å². The van der Waals surface area contributed by atoms with Gasteiger partial charge in [-0.25, -0.2) is 9.59 Å². The highest BCUT2D eigenvalue weighted by atomic mass is 16.5. The fourth-order valence-corrected chi connectivity index (χ4v) is 3.61. The molecule has 1 aliphatic rings. The van der Waals surface area contributed by atoms with E-state index in [2.05, 4.69) is 5.32 Å². The number of carbonyl (C=O) groups is 3. The second-order valence-corrected chi connectivity index (χ2v) is 7.63. The molecule has 0 saturated carbocycles. The lowest BCUT2D eigenvalue weighted by Gasteiger charge is -2.25. The Balaban J connectivity index is 1.50. The summed E-state index contributed by atoms with van der Waals surface area (Å²) < 4.78 is 10.6. The van der Waals surface area contributed by atoms with Gasteiger partial charge in [-0.2, -0.15) is 0 Å². The van der Waals surface area contributed by atoms with E-state index in [1.165, 1.54) is 0 Å². The molecule has 3 aromatic rings. The molecule has 1 heterocycles. The van der Waals surface area contributed by atoms with Crippen LogP contribution in [0.15, 0.2) is 66.7 Å². The van der Waals surface area contributed by atoms with Gasteiger partial charge in [0.25, 0.3) is 5.91 Å². The van der Waals surface area contributed by atoms with E-state index in [0.717, 1.165) is 16.7 Å². The lowest BCUT2D eigenvalue weighted by atomic mass is 9.92. The summed E-state index contributed by atoms with van der Waals surface area (Å²) in [5.74, 6) is -1.10. The summed E-state index contributed by atoms with van der Waals surface area (Å²) in [6.07, 6.45) is 0.115. The first-order valence-electron chi connectivity index (χ1n) is 10.4. The first-order valence-corrected chi connectivity index (χ1v) is 10.4. The van der Waals surface area contributed by atoms with Gasteiger partial charge in [-0.15, -0.1) is 0 Å². The van der Waals surface area contributed by atoms with Crippen molar-refractivity contribution in [1.82, 2.24) is 0 Å². The maximum atomic E-state index is 12.8. The minimum Gasteiger partial charge on any atom is -0.462 e. The molecule has 0 aromatic heterocycles. The number of rotatable bonds is 5. The monoisotopic (exact) mass is 429 g/mol. The molecule has 0 fully saturated rings. The van der Waals surface area contributed by atoms with Crippen LogP contribution < -0.4 is 5.32 Å². The Morgan fingerprint density at radius 3 is 2.38 bits per heavy atom. The molecule has 6 nitrogen and oxygen atoms in total. The van der Waals surface area contributed by atoms with Crippen LogP contribution >= 0.6 is 0 Å². The molecular weight excluding hydrogens is 406 g/mol. The molecule has 1 aliphatic heterocycles.